The summed E-state index contributed by atoms with van der Waals surface area (Å²) in [6.45, 7) is 2.44. The van der Waals surface area contributed by atoms with Crippen molar-refractivity contribution >= 4 is 0 Å². The van der Waals surface area contributed by atoms with Gasteiger partial charge in [-0.25, -0.2) is 8.78 Å². The van der Waals surface area contributed by atoms with Gasteiger partial charge in [-0.2, -0.15) is 0 Å². The van der Waals surface area contributed by atoms with Crippen molar-refractivity contribution in [3.8, 4) is 0 Å². The van der Waals surface area contributed by atoms with Crippen LogP contribution in [0, 0.1) is 11.6 Å². The van der Waals surface area contributed by atoms with Gasteiger partial charge in [0.05, 0.1) is 25.9 Å². The molecule has 0 saturated carbocycles. The quantitative estimate of drug-likeness (QED) is 0.869. The Morgan fingerprint density at radius 3 is 2.53 bits per heavy atom. The Morgan fingerprint density at radius 2 is 1.94 bits per heavy atom. The minimum absolute atomic E-state index is 0.120. The van der Waals surface area contributed by atoms with E-state index in [2.05, 4.69) is 0 Å². The minimum atomic E-state index is -0.880. The molecular formula is C12H15F2NO2. The Kier molecular flexibility index (Phi) is 4.04. The van der Waals surface area contributed by atoms with Crippen molar-refractivity contribution in [3.63, 3.8) is 0 Å². The number of nitrogens with zero attached hydrogens (tertiary/aromatic N) is 1. The summed E-state index contributed by atoms with van der Waals surface area (Å²) in [5.41, 5.74) is 0.591. The molecule has 1 atom stereocenters. The molecule has 1 aromatic rings. The zero-order valence-corrected chi connectivity index (χ0v) is 9.40. The number of halogens is 2. The van der Waals surface area contributed by atoms with Crippen LogP contribution in [0.4, 0.5) is 8.78 Å². The number of morpholine rings is 1. The second kappa shape index (κ2) is 5.53. The van der Waals surface area contributed by atoms with E-state index in [0.717, 1.165) is 12.1 Å². The topological polar surface area (TPSA) is 32.7 Å². The van der Waals surface area contributed by atoms with Gasteiger partial charge in [-0.05, 0) is 17.7 Å². The fraction of sp³-hybridized carbons (Fsp3) is 0.500. The molecule has 0 radical (unpaired) electrons. The molecule has 1 saturated heterocycles. The molecule has 3 nitrogen and oxygen atoms in total. The van der Waals surface area contributed by atoms with E-state index in [-0.39, 0.29) is 12.6 Å². The van der Waals surface area contributed by atoms with Crippen LogP contribution in [0.1, 0.15) is 11.6 Å². The molecule has 17 heavy (non-hydrogen) atoms. The van der Waals surface area contributed by atoms with Crippen molar-refractivity contribution < 1.29 is 18.6 Å². The van der Waals surface area contributed by atoms with Gasteiger partial charge >= 0.3 is 0 Å². The smallest absolute Gasteiger partial charge is 0.159 e. The van der Waals surface area contributed by atoms with E-state index in [1.165, 1.54) is 6.07 Å². The first-order valence-electron chi connectivity index (χ1n) is 5.60. The number of ether oxygens (including phenoxy) is 1. The number of hydrogen-bond donors (Lipinski definition) is 1. The summed E-state index contributed by atoms with van der Waals surface area (Å²) in [6.07, 6.45) is 0. The molecule has 0 aromatic heterocycles. The monoisotopic (exact) mass is 243 g/mol. The predicted octanol–water partition coefficient (Wildman–Crippen LogP) is 1.33. The van der Waals surface area contributed by atoms with E-state index < -0.39 is 11.6 Å². The largest absolute Gasteiger partial charge is 0.394 e. The standard InChI is InChI=1S/C12H15F2NO2/c13-10-2-1-9(7-11(10)14)12(8-16)15-3-5-17-6-4-15/h1-2,7,12,16H,3-6,8H2/t12-/m1/s1. The number of hydrogen-bond acceptors (Lipinski definition) is 3. The molecular weight excluding hydrogens is 228 g/mol. The molecule has 1 aliphatic rings. The molecule has 1 heterocycles. The highest BCUT2D eigenvalue weighted by molar-refractivity contribution is 5.21. The van der Waals surface area contributed by atoms with E-state index in [1.54, 1.807) is 0 Å². The lowest BCUT2D eigenvalue weighted by Gasteiger charge is -2.33. The molecule has 2 rings (SSSR count). The van der Waals surface area contributed by atoms with Gasteiger partial charge in [0.25, 0.3) is 0 Å². The van der Waals surface area contributed by atoms with Gasteiger partial charge in [-0.1, -0.05) is 6.07 Å². The van der Waals surface area contributed by atoms with Crippen LogP contribution in [0.2, 0.25) is 0 Å². The van der Waals surface area contributed by atoms with Crippen molar-refractivity contribution in [2.75, 3.05) is 32.9 Å². The number of aliphatic hydroxyl groups is 1. The van der Waals surface area contributed by atoms with Gasteiger partial charge in [0.2, 0.25) is 0 Å². The highest BCUT2D eigenvalue weighted by atomic mass is 19.2. The third kappa shape index (κ3) is 2.80. The summed E-state index contributed by atoms with van der Waals surface area (Å²) in [5, 5.41) is 9.39. The zero-order valence-electron chi connectivity index (χ0n) is 9.40. The summed E-state index contributed by atoms with van der Waals surface area (Å²) in [6, 6.07) is 3.45. The maximum absolute atomic E-state index is 13.1. The van der Waals surface area contributed by atoms with Crippen LogP contribution in [-0.4, -0.2) is 42.9 Å². The molecule has 1 aromatic carbocycles. The second-order valence-corrected chi connectivity index (χ2v) is 4.02. The van der Waals surface area contributed by atoms with Crippen molar-refractivity contribution in [3.05, 3.63) is 35.4 Å². The molecule has 0 bridgehead atoms. The molecule has 1 aliphatic heterocycles. The third-order valence-electron chi connectivity index (χ3n) is 2.99. The Hall–Kier alpha value is -1.04. The predicted molar refractivity (Wildman–Crippen MR) is 58.6 cm³/mol. The first-order valence-corrected chi connectivity index (χ1v) is 5.60. The van der Waals surface area contributed by atoms with Crippen LogP contribution >= 0.6 is 0 Å². The van der Waals surface area contributed by atoms with Crippen molar-refractivity contribution in [1.29, 1.82) is 0 Å². The molecule has 0 aliphatic carbocycles. The fourth-order valence-corrected chi connectivity index (χ4v) is 2.04. The van der Waals surface area contributed by atoms with Crippen LogP contribution in [0.25, 0.3) is 0 Å². The average Bonchev–Trinajstić information content (AvgIpc) is 2.36. The van der Waals surface area contributed by atoms with Crippen molar-refractivity contribution in [2.24, 2.45) is 0 Å². The number of aliphatic hydroxyl groups excluding tert-OH is 1. The minimum Gasteiger partial charge on any atom is -0.394 e. The third-order valence-corrected chi connectivity index (χ3v) is 2.99. The summed E-state index contributed by atoms with van der Waals surface area (Å²) in [4.78, 5) is 2.01. The van der Waals surface area contributed by atoms with Gasteiger partial charge in [0.1, 0.15) is 0 Å². The average molecular weight is 243 g/mol. The van der Waals surface area contributed by atoms with E-state index in [9.17, 15) is 13.9 Å². The van der Waals surface area contributed by atoms with E-state index >= 15 is 0 Å². The van der Waals surface area contributed by atoms with Gasteiger partial charge in [-0.3, -0.25) is 4.90 Å². The summed E-state index contributed by atoms with van der Waals surface area (Å²) in [5.74, 6) is -1.75. The van der Waals surface area contributed by atoms with Gasteiger partial charge in [0.15, 0.2) is 11.6 Å². The Bertz CT molecular complexity index is 381. The van der Waals surface area contributed by atoms with Crippen LogP contribution in [0.5, 0.6) is 0 Å². The van der Waals surface area contributed by atoms with Crippen molar-refractivity contribution in [1.82, 2.24) is 4.90 Å². The van der Waals surface area contributed by atoms with Crippen LogP contribution in [0.3, 0.4) is 0 Å². The summed E-state index contributed by atoms with van der Waals surface area (Å²) >= 11 is 0. The van der Waals surface area contributed by atoms with E-state index in [4.69, 9.17) is 4.74 Å². The van der Waals surface area contributed by atoms with Gasteiger partial charge in [0, 0.05) is 13.1 Å². The maximum Gasteiger partial charge on any atom is 0.159 e. The van der Waals surface area contributed by atoms with Gasteiger partial charge < -0.3 is 9.84 Å². The maximum atomic E-state index is 13.1. The molecule has 0 spiro atoms. The molecule has 1 fully saturated rings. The fourth-order valence-electron chi connectivity index (χ4n) is 2.04. The molecule has 1 N–H and O–H groups in total. The lowest BCUT2D eigenvalue weighted by molar-refractivity contribution is 0.00251. The second-order valence-electron chi connectivity index (χ2n) is 4.02. The van der Waals surface area contributed by atoms with E-state index in [0.29, 0.717) is 31.9 Å². The molecule has 0 amide bonds. The van der Waals surface area contributed by atoms with Crippen molar-refractivity contribution in [2.45, 2.75) is 6.04 Å². The highest BCUT2D eigenvalue weighted by Gasteiger charge is 2.22. The summed E-state index contributed by atoms with van der Waals surface area (Å²) in [7, 11) is 0. The normalized spacial score (nSPS) is 19.2. The lowest BCUT2D eigenvalue weighted by Crippen LogP contribution is -2.40. The Balaban J connectivity index is 2.18. The Labute approximate surface area is 98.6 Å². The number of benzene rings is 1. The summed E-state index contributed by atoms with van der Waals surface area (Å²) < 4.78 is 31.2. The highest BCUT2D eigenvalue weighted by Crippen LogP contribution is 2.22. The number of rotatable bonds is 3. The molecule has 94 valence electrons. The van der Waals surface area contributed by atoms with E-state index in [1.807, 2.05) is 4.90 Å². The zero-order chi connectivity index (χ0) is 12.3. The van der Waals surface area contributed by atoms with Crippen LogP contribution in [0.15, 0.2) is 18.2 Å². The Morgan fingerprint density at radius 1 is 1.24 bits per heavy atom. The van der Waals surface area contributed by atoms with Crippen LogP contribution < -0.4 is 0 Å². The molecule has 5 heteroatoms. The SMILES string of the molecule is OC[C@H](c1ccc(F)c(F)c1)N1CCOCC1. The van der Waals surface area contributed by atoms with Crippen LogP contribution in [-0.2, 0) is 4.74 Å². The van der Waals surface area contributed by atoms with Gasteiger partial charge in [-0.15, -0.1) is 0 Å². The molecule has 0 unspecified atom stereocenters. The lowest BCUT2D eigenvalue weighted by atomic mass is 10.1. The first kappa shape index (κ1) is 12.4. The first-order chi connectivity index (χ1) is 8.22.